The molecule has 2 amide bonds. The highest BCUT2D eigenvalue weighted by molar-refractivity contribution is 5.79. The number of nitrogens with one attached hydrogen (secondary N) is 2. The summed E-state index contributed by atoms with van der Waals surface area (Å²) in [5, 5.41) is 15.5. The Kier molecular flexibility index (Phi) is 9.33. The van der Waals surface area contributed by atoms with Crippen LogP contribution in [-0.4, -0.2) is 78.8 Å². The Morgan fingerprint density at radius 2 is 2.14 bits per heavy atom. The van der Waals surface area contributed by atoms with E-state index in [9.17, 15) is 14.7 Å². The van der Waals surface area contributed by atoms with Gasteiger partial charge in [0.1, 0.15) is 6.10 Å². The van der Waals surface area contributed by atoms with Crippen molar-refractivity contribution in [2.75, 3.05) is 33.8 Å². The normalized spacial score (nSPS) is 22.1. The van der Waals surface area contributed by atoms with Crippen molar-refractivity contribution in [3.05, 3.63) is 30.1 Å². The monoisotopic (exact) mass is 392 g/mol. The van der Waals surface area contributed by atoms with Crippen LogP contribution in [0.2, 0.25) is 0 Å². The van der Waals surface area contributed by atoms with Crippen molar-refractivity contribution < 1.29 is 19.4 Å². The summed E-state index contributed by atoms with van der Waals surface area (Å²) < 4.78 is 5.87. The van der Waals surface area contributed by atoms with Gasteiger partial charge in [-0.25, -0.2) is 0 Å². The maximum absolute atomic E-state index is 12.3. The van der Waals surface area contributed by atoms with Crippen LogP contribution < -0.4 is 10.6 Å². The minimum absolute atomic E-state index is 0.0421. The largest absolute Gasteiger partial charge is 0.394 e. The summed E-state index contributed by atoms with van der Waals surface area (Å²) in [5.74, 6) is -0.170. The number of hydrogen-bond acceptors (Lipinski definition) is 6. The molecular weight excluding hydrogens is 360 g/mol. The molecule has 0 spiro atoms. The van der Waals surface area contributed by atoms with Crippen molar-refractivity contribution in [1.82, 2.24) is 20.5 Å². The van der Waals surface area contributed by atoms with Crippen LogP contribution in [0.5, 0.6) is 0 Å². The molecule has 0 saturated carbocycles. The van der Waals surface area contributed by atoms with Crippen LogP contribution in [0.1, 0.15) is 31.2 Å². The molecule has 3 N–H and O–H groups in total. The zero-order chi connectivity index (χ0) is 20.4. The zero-order valence-electron chi connectivity index (χ0n) is 16.8. The third-order valence-electron chi connectivity index (χ3n) is 4.75. The number of ether oxygens (including phenoxy) is 1. The summed E-state index contributed by atoms with van der Waals surface area (Å²) in [5.41, 5.74) is 0.834. The molecule has 1 aromatic heterocycles. The maximum atomic E-state index is 12.3. The van der Waals surface area contributed by atoms with Gasteiger partial charge in [-0.3, -0.25) is 14.6 Å². The summed E-state index contributed by atoms with van der Waals surface area (Å²) in [6.07, 6.45) is 5.33. The molecule has 0 aliphatic carbocycles. The van der Waals surface area contributed by atoms with E-state index < -0.39 is 6.10 Å². The average Bonchev–Trinajstić information content (AvgIpc) is 2.67. The van der Waals surface area contributed by atoms with Gasteiger partial charge >= 0.3 is 0 Å². The van der Waals surface area contributed by atoms with Crippen molar-refractivity contribution in [2.45, 2.75) is 50.4 Å². The fourth-order valence-corrected chi connectivity index (χ4v) is 3.29. The Bertz CT molecular complexity index is 611. The van der Waals surface area contributed by atoms with Crippen LogP contribution in [0.3, 0.4) is 0 Å². The van der Waals surface area contributed by atoms with E-state index in [0.717, 1.165) is 18.5 Å². The van der Waals surface area contributed by atoms with Gasteiger partial charge in [0.25, 0.3) is 0 Å². The summed E-state index contributed by atoms with van der Waals surface area (Å²) in [6.45, 7) is 1.37. The minimum Gasteiger partial charge on any atom is -0.394 e. The number of nitrogens with zero attached hydrogens (tertiary/aromatic N) is 2. The molecule has 0 aromatic carbocycles. The second-order valence-corrected chi connectivity index (χ2v) is 7.48. The van der Waals surface area contributed by atoms with Crippen molar-refractivity contribution >= 4 is 11.8 Å². The Labute approximate surface area is 166 Å². The predicted molar refractivity (Wildman–Crippen MR) is 106 cm³/mol. The topological polar surface area (TPSA) is 104 Å². The minimum atomic E-state index is -0.502. The van der Waals surface area contributed by atoms with E-state index in [1.54, 1.807) is 18.5 Å². The molecule has 0 bridgehead atoms. The van der Waals surface area contributed by atoms with Gasteiger partial charge in [-0.1, -0.05) is 6.07 Å². The van der Waals surface area contributed by atoms with Gasteiger partial charge in [0.05, 0.1) is 31.6 Å². The Morgan fingerprint density at radius 3 is 2.82 bits per heavy atom. The lowest BCUT2D eigenvalue weighted by Crippen LogP contribution is -2.51. The third-order valence-corrected chi connectivity index (χ3v) is 4.75. The second-order valence-electron chi connectivity index (χ2n) is 7.48. The van der Waals surface area contributed by atoms with E-state index in [1.807, 2.05) is 20.2 Å². The number of rotatable bonds is 10. The number of aliphatic hydroxyl groups excluding tert-OH is 1. The molecule has 1 fully saturated rings. The van der Waals surface area contributed by atoms with Crippen LogP contribution in [-0.2, 0) is 20.7 Å². The van der Waals surface area contributed by atoms with Gasteiger partial charge in [-0.15, -0.1) is 0 Å². The number of aromatic nitrogens is 1. The average molecular weight is 393 g/mol. The number of aliphatic hydroxyl groups is 1. The molecule has 1 aliphatic rings. The summed E-state index contributed by atoms with van der Waals surface area (Å²) in [7, 11) is 4.00. The smallest absolute Gasteiger partial charge is 0.224 e. The number of pyridine rings is 1. The van der Waals surface area contributed by atoms with E-state index in [2.05, 4.69) is 20.5 Å². The SMILES string of the molecule is CN(C)CCCNC(=O)C[C@H]1CC[C@@H](NC(=O)Cc2cccnc2)[C@@H](CO)O1. The van der Waals surface area contributed by atoms with Crippen molar-refractivity contribution in [3.63, 3.8) is 0 Å². The van der Waals surface area contributed by atoms with E-state index in [4.69, 9.17) is 4.74 Å². The van der Waals surface area contributed by atoms with Crippen LogP contribution in [0, 0.1) is 0 Å². The fourth-order valence-electron chi connectivity index (χ4n) is 3.29. The zero-order valence-corrected chi connectivity index (χ0v) is 16.8. The molecule has 0 radical (unpaired) electrons. The highest BCUT2D eigenvalue weighted by atomic mass is 16.5. The molecule has 1 aromatic rings. The number of hydrogen-bond donors (Lipinski definition) is 3. The van der Waals surface area contributed by atoms with Crippen LogP contribution in [0.15, 0.2) is 24.5 Å². The maximum Gasteiger partial charge on any atom is 0.224 e. The Balaban J connectivity index is 1.73. The highest BCUT2D eigenvalue weighted by Crippen LogP contribution is 2.22. The number of carbonyl (C=O) groups excluding carboxylic acids is 2. The molecule has 8 nitrogen and oxygen atoms in total. The van der Waals surface area contributed by atoms with Gasteiger partial charge in [0.15, 0.2) is 0 Å². The lowest BCUT2D eigenvalue weighted by Gasteiger charge is -2.36. The standard InChI is InChI=1S/C20H32N4O4/c1-24(2)10-4-9-22-19(26)12-16-6-7-17(18(14-25)28-16)23-20(27)11-15-5-3-8-21-13-15/h3,5,8,13,16-18,25H,4,6-7,9-12,14H2,1-2H3,(H,22,26)(H,23,27)/t16-,17-,18-/m1/s1. The van der Waals surface area contributed by atoms with Crippen LogP contribution >= 0.6 is 0 Å². The lowest BCUT2D eigenvalue weighted by atomic mass is 9.96. The van der Waals surface area contributed by atoms with E-state index in [1.165, 1.54) is 0 Å². The van der Waals surface area contributed by atoms with Crippen molar-refractivity contribution in [2.24, 2.45) is 0 Å². The molecule has 2 rings (SSSR count). The van der Waals surface area contributed by atoms with Gasteiger partial charge in [-0.05, 0) is 51.5 Å². The Hall–Kier alpha value is -2.03. The molecule has 8 heteroatoms. The van der Waals surface area contributed by atoms with Gasteiger partial charge in [0.2, 0.25) is 11.8 Å². The number of amides is 2. The molecule has 3 atom stereocenters. The lowest BCUT2D eigenvalue weighted by molar-refractivity contribution is -0.135. The quantitative estimate of drug-likeness (QED) is 0.488. The highest BCUT2D eigenvalue weighted by Gasteiger charge is 2.32. The van der Waals surface area contributed by atoms with Crippen LogP contribution in [0.25, 0.3) is 0 Å². The van der Waals surface area contributed by atoms with Crippen LogP contribution in [0.4, 0.5) is 0 Å². The van der Waals surface area contributed by atoms with Gasteiger partial charge in [-0.2, -0.15) is 0 Å². The Morgan fingerprint density at radius 1 is 1.32 bits per heavy atom. The van der Waals surface area contributed by atoms with Crippen molar-refractivity contribution in [3.8, 4) is 0 Å². The first-order chi connectivity index (χ1) is 13.5. The first-order valence-corrected chi connectivity index (χ1v) is 9.84. The molecular formula is C20H32N4O4. The molecule has 156 valence electrons. The summed E-state index contributed by atoms with van der Waals surface area (Å²) in [6, 6.07) is 3.38. The van der Waals surface area contributed by atoms with Crippen molar-refractivity contribution in [1.29, 1.82) is 0 Å². The van der Waals surface area contributed by atoms with E-state index in [0.29, 0.717) is 19.4 Å². The third kappa shape index (κ3) is 7.92. The first kappa shape index (κ1) is 22.3. The van der Waals surface area contributed by atoms with Gasteiger partial charge < -0.3 is 25.4 Å². The summed E-state index contributed by atoms with van der Waals surface area (Å²) >= 11 is 0. The molecule has 2 heterocycles. The summed E-state index contributed by atoms with van der Waals surface area (Å²) in [4.78, 5) is 30.4. The molecule has 28 heavy (non-hydrogen) atoms. The molecule has 0 unspecified atom stereocenters. The predicted octanol–water partition coefficient (Wildman–Crippen LogP) is 0.107. The first-order valence-electron chi connectivity index (χ1n) is 9.84. The molecule has 1 aliphatic heterocycles. The second kappa shape index (κ2) is 11.7. The fraction of sp³-hybridized carbons (Fsp3) is 0.650. The van der Waals surface area contributed by atoms with E-state index >= 15 is 0 Å². The number of carbonyl (C=O) groups is 2. The van der Waals surface area contributed by atoms with Gasteiger partial charge in [0, 0.05) is 18.9 Å². The molecule has 1 saturated heterocycles. The van der Waals surface area contributed by atoms with E-state index in [-0.39, 0.29) is 43.4 Å².